The molecule has 0 radical (unpaired) electrons. The lowest BCUT2D eigenvalue weighted by Gasteiger charge is -2.26. The molecule has 1 aromatic carbocycles. The van der Waals surface area contributed by atoms with E-state index in [2.05, 4.69) is 16.7 Å². The van der Waals surface area contributed by atoms with Crippen molar-refractivity contribution in [1.29, 1.82) is 5.26 Å². The Morgan fingerprint density at radius 2 is 2.00 bits per heavy atom. The molecule has 1 aliphatic rings. The van der Waals surface area contributed by atoms with E-state index in [0.29, 0.717) is 0 Å². The zero-order valence-corrected chi connectivity index (χ0v) is 13.9. The molecule has 124 valence electrons. The fraction of sp³-hybridized carbons (Fsp3) is 0.556. The lowest BCUT2D eigenvalue weighted by molar-refractivity contribution is -0.121. The van der Waals surface area contributed by atoms with Crippen LogP contribution < -0.4 is 10.6 Å². The monoisotopic (exact) mass is 317 g/mol. The third-order valence-electron chi connectivity index (χ3n) is 4.40. The first-order chi connectivity index (χ1) is 10.9. The standard InChI is InChI=1S/C18H24FN3O/c1-12(2)17(13-4-8-15(19)9-5-13)21-10-16(23)22-18(3,11-20)14-6-7-14/h4-5,8-9,12,14,17,21H,6-7,10H2,1-3H3,(H,22,23)/t17-,18+/m0/s1. The van der Waals surface area contributed by atoms with Gasteiger partial charge in [-0.05, 0) is 49.3 Å². The summed E-state index contributed by atoms with van der Waals surface area (Å²) in [6.07, 6.45) is 1.98. The maximum atomic E-state index is 13.1. The topological polar surface area (TPSA) is 64.9 Å². The van der Waals surface area contributed by atoms with Crippen LogP contribution in [0.4, 0.5) is 4.39 Å². The molecular formula is C18H24FN3O. The molecule has 0 unspecified atom stereocenters. The van der Waals surface area contributed by atoms with E-state index in [1.807, 2.05) is 13.8 Å². The Balaban J connectivity index is 1.95. The Hall–Kier alpha value is -1.93. The number of rotatable bonds is 7. The quantitative estimate of drug-likeness (QED) is 0.812. The largest absolute Gasteiger partial charge is 0.337 e. The molecule has 1 aliphatic carbocycles. The predicted molar refractivity (Wildman–Crippen MR) is 86.9 cm³/mol. The van der Waals surface area contributed by atoms with Crippen molar-refractivity contribution in [3.8, 4) is 6.07 Å². The van der Waals surface area contributed by atoms with Crippen molar-refractivity contribution in [2.45, 2.75) is 45.2 Å². The van der Waals surface area contributed by atoms with Gasteiger partial charge in [-0.3, -0.25) is 4.79 Å². The third-order valence-corrected chi connectivity index (χ3v) is 4.40. The van der Waals surface area contributed by atoms with Gasteiger partial charge < -0.3 is 10.6 Å². The lowest BCUT2D eigenvalue weighted by atomic mass is 9.95. The summed E-state index contributed by atoms with van der Waals surface area (Å²) >= 11 is 0. The molecule has 1 saturated carbocycles. The minimum atomic E-state index is -0.776. The number of nitrogens with one attached hydrogen (secondary N) is 2. The molecule has 0 aromatic heterocycles. The van der Waals surface area contributed by atoms with Crippen LogP contribution in [0.15, 0.2) is 24.3 Å². The number of carbonyl (C=O) groups is 1. The van der Waals surface area contributed by atoms with E-state index in [9.17, 15) is 14.4 Å². The van der Waals surface area contributed by atoms with E-state index in [0.717, 1.165) is 18.4 Å². The lowest BCUT2D eigenvalue weighted by Crippen LogP contribution is -2.50. The third kappa shape index (κ3) is 4.52. The van der Waals surface area contributed by atoms with E-state index < -0.39 is 5.54 Å². The second-order valence-electron chi connectivity index (χ2n) is 6.79. The second-order valence-corrected chi connectivity index (χ2v) is 6.79. The molecule has 0 bridgehead atoms. The summed E-state index contributed by atoms with van der Waals surface area (Å²) in [5.74, 6) is 0.0467. The molecule has 1 fully saturated rings. The first-order valence-electron chi connectivity index (χ1n) is 8.07. The van der Waals surface area contributed by atoms with Gasteiger partial charge in [0, 0.05) is 6.04 Å². The summed E-state index contributed by atoms with van der Waals surface area (Å²) in [5, 5.41) is 15.3. The number of hydrogen-bond donors (Lipinski definition) is 2. The SMILES string of the molecule is CC(C)[C@H](NCC(=O)N[C@](C)(C#N)C1CC1)c1ccc(F)cc1. The van der Waals surface area contributed by atoms with Gasteiger partial charge in [0.1, 0.15) is 11.4 Å². The number of nitrogens with zero attached hydrogens (tertiary/aromatic N) is 1. The Bertz CT molecular complexity index is 589. The predicted octanol–water partition coefficient (Wildman–Crippen LogP) is 2.92. The molecule has 2 rings (SSSR count). The second kappa shape index (κ2) is 7.10. The molecule has 0 spiro atoms. The highest BCUT2D eigenvalue weighted by molar-refractivity contribution is 5.79. The average Bonchev–Trinajstić information content (AvgIpc) is 3.34. The van der Waals surface area contributed by atoms with E-state index in [-0.39, 0.29) is 36.1 Å². The minimum absolute atomic E-state index is 0.0457. The summed E-state index contributed by atoms with van der Waals surface area (Å²) in [7, 11) is 0. The average molecular weight is 317 g/mol. The van der Waals surface area contributed by atoms with Gasteiger partial charge in [0.2, 0.25) is 5.91 Å². The van der Waals surface area contributed by atoms with Gasteiger partial charge in [-0.2, -0.15) is 5.26 Å². The van der Waals surface area contributed by atoms with Crippen LogP contribution in [-0.4, -0.2) is 18.0 Å². The molecule has 0 aliphatic heterocycles. The number of carbonyl (C=O) groups excluding carboxylic acids is 1. The maximum absolute atomic E-state index is 13.1. The minimum Gasteiger partial charge on any atom is -0.337 e. The molecule has 0 heterocycles. The summed E-state index contributed by atoms with van der Waals surface area (Å²) < 4.78 is 13.1. The van der Waals surface area contributed by atoms with Gasteiger partial charge in [0.05, 0.1) is 12.6 Å². The normalized spacial score (nSPS) is 18.1. The molecule has 1 aromatic rings. The first-order valence-corrected chi connectivity index (χ1v) is 8.07. The Morgan fingerprint density at radius 3 is 2.48 bits per heavy atom. The van der Waals surface area contributed by atoms with Crippen LogP contribution >= 0.6 is 0 Å². The van der Waals surface area contributed by atoms with Gasteiger partial charge in [-0.25, -0.2) is 4.39 Å². The summed E-state index contributed by atoms with van der Waals surface area (Å²) in [5.41, 5.74) is 0.168. The van der Waals surface area contributed by atoms with Gasteiger partial charge in [0.15, 0.2) is 0 Å². The van der Waals surface area contributed by atoms with Crippen molar-refractivity contribution in [3.05, 3.63) is 35.6 Å². The zero-order chi connectivity index (χ0) is 17.0. The summed E-state index contributed by atoms with van der Waals surface area (Å²) in [6, 6.07) is 8.48. The molecule has 23 heavy (non-hydrogen) atoms. The smallest absolute Gasteiger partial charge is 0.235 e. The maximum Gasteiger partial charge on any atom is 0.235 e. The summed E-state index contributed by atoms with van der Waals surface area (Å²) in [6.45, 7) is 6.00. The van der Waals surface area contributed by atoms with Crippen molar-refractivity contribution in [1.82, 2.24) is 10.6 Å². The number of benzene rings is 1. The Kier molecular flexibility index (Phi) is 5.38. The summed E-state index contributed by atoms with van der Waals surface area (Å²) in [4.78, 5) is 12.2. The first kappa shape index (κ1) is 17.4. The highest BCUT2D eigenvalue weighted by Crippen LogP contribution is 2.39. The van der Waals surface area contributed by atoms with Gasteiger partial charge in [0.25, 0.3) is 0 Å². The Labute approximate surface area is 137 Å². The van der Waals surface area contributed by atoms with Crippen molar-refractivity contribution < 1.29 is 9.18 Å². The molecule has 2 N–H and O–H groups in total. The van der Waals surface area contributed by atoms with Crippen LogP contribution in [0.1, 0.15) is 45.2 Å². The zero-order valence-electron chi connectivity index (χ0n) is 13.9. The van der Waals surface area contributed by atoms with Crippen molar-refractivity contribution in [2.24, 2.45) is 11.8 Å². The van der Waals surface area contributed by atoms with Crippen LogP contribution in [0.3, 0.4) is 0 Å². The van der Waals surface area contributed by atoms with Crippen molar-refractivity contribution in [2.75, 3.05) is 6.54 Å². The van der Waals surface area contributed by atoms with E-state index in [1.54, 1.807) is 19.1 Å². The fourth-order valence-electron chi connectivity index (χ4n) is 2.83. The molecule has 1 amide bonds. The van der Waals surface area contributed by atoms with Gasteiger partial charge >= 0.3 is 0 Å². The number of amides is 1. The number of halogens is 1. The van der Waals surface area contributed by atoms with Crippen LogP contribution in [-0.2, 0) is 4.79 Å². The molecule has 4 nitrogen and oxygen atoms in total. The molecular weight excluding hydrogens is 293 g/mol. The van der Waals surface area contributed by atoms with Crippen LogP contribution in [0.5, 0.6) is 0 Å². The molecule has 0 saturated heterocycles. The van der Waals surface area contributed by atoms with Crippen LogP contribution in [0.2, 0.25) is 0 Å². The van der Waals surface area contributed by atoms with Gasteiger partial charge in [-0.1, -0.05) is 26.0 Å². The molecule has 5 heteroatoms. The molecule has 2 atom stereocenters. The number of hydrogen-bond acceptors (Lipinski definition) is 3. The highest BCUT2D eigenvalue weighted by Gasteiger charge is 2.42. The van der Waals surface area contributed by atoms with Gasteiger partial charge in [-0.15, -0.1) is 0 Å². The number of nitriles is 1. The van der Waals surface area contributed by atoms with E-state index in [1.165, 1.54) is 12.1 Å². The van der Waals surface area contributed by atoms with Crippen LogP contribution in [0, 0.1) is 29.0 Å². The van der Waals surface area contributed by atoms with Crippen molar-refractivity contribution in [3.63, 3.8) is 0 Å². The van der Waals surface area contributed by atoms with E-state index >= 15 is 0 Å². The highest BCUT2D eigenvalue weighted by atomic mass is 19.1. The van der Waals surface area contributed by atoms with E-state index in [4.69, 9.17) is 0 Å². The van der Waals surface area contributed by atoms with Crippen molar-refractivity contribution >= 4 is 5.91 Å². The fourth-order valence-corrected chi connectivity index (χ4v) is 2.83. The van der Waals surface area contributed by atoms with Crippen LogP contribution in [0.25, 0.3) is 0 Å². The Morgan fingerprint density at radius 1 is 1.39 bits per heavy atom.